The Balaban J connectivity index is 1.71. The molecule has 1 atom stereocenters. The maximum atomic E-state index is 14.6. The molecular formula is C32H35N3O2. The number of hydrogen-bond donors (Lipinski definition) is 1. The van der Waals surface area contributed by atoms with Crippen molar-refractivity contribution < 1.29 is 9.59 Å². The molecule has 190 valence electrons. The lowest BCUT2D eigenvalue weighted by molar-refractivity contribution is -0.126. The number of fused-ring (bicyclic) bond motifs is 1. The molecule has 1 N–H and O–H groups in total. The van der Waals surface area contributed by atoms with E-state index in [2.05, 4.69) is 22.3 Å². The van der Waals surface area contributed by atoms with Gasteiger partial charge in [0, 0.05) is 24.2 Å². The Morgan fingerprint density at radius 1 is 0.811 bits per heavy atom. The number of hydrogen-bond acceptors (Lipinski definition) is 3. The summed E-state index contributed by atoms with van der Waals surface area (Å²) in [6.45, 7) is 7.71. The maximum absolute atomic E-state index is 14.6. The van der Waals surface area contributed by atoms with Crippen LogP contribution in [0.2, 0.25) is 0 Å². The lowest BCUT2D eigenvalue weighted by atomic mass is 9.97. The molecule has 5 rings (SSSR count). The molecule has 2 aliphatic rings. The first-order valence-corrected chi connectivity index (χ1v) is 13.2. The van der Waals surface area contributed by atoms with Gasteiger partial charge >= 0.3 is 0 Å². The molecule has 0 bridgehead atoms. The second-order valence-corrected chi connectivity index (χ2v) is 10.9. The third kappa shape index (κ3) is 5.04. The van der Waals surface area contributed by atoms with Gasteiger partial charge in [-0.15, -0.1) is 0 Å². The molecule has 0 aromatic heterocycles. The number of carbonyl (C=O) groups excluding carboxylic acids is 2. The van der Waals surface area contributed by atoms with Gasteiger partial charge in [-0.2, -0.15) is 0 Å². The molecule has 3 aromatic carbocycles. The summed E-state index contributed by atoms with van der Waals surface area (Å²) in [4.78, 5) is 32.4. The van der Waals surface area contributed by atoms with E-state index in [0.717, 1.165) is 54.0 Å². The summed E-state index contributed by atoms with van der Waals surface area (Å²) in [6.07, 6.45) is 3.40. The van der Waals surface area contributed by atoms with Crippen molar-refractivity contribution in [2.75, 3.05) is 18.0 Å². The molecule has 2 aliphatic heterocycles. The summed E-state index contributed by atoms with van der Waals surface area (Å²) in [5.41, 5.74) is 4.66. The van der Waals surface area contributed by atoms with Gasteiger partial charge in [-0.1, -0.05) is 78.9 Å². The molecule has 5 nitrogen and oxygen atoms in total. The third-order valence-corrected chi connectivity index (χ3v) is 6.94. The molecule has 2 amide bonds. The lowest BCUT2D eigenvalue weighted by Crippen LogP contribution is -2.48. The number of amides is 2. The maximum Gasteiger partial charge on any atom is 0.262 e. The number of likely N-dealkylation sites (tertiary alicyclic amines) is 1. The van der Waals surface area contributed by atoms with Crippen LogP contribution < -0.4 is 10.2 Å². The number of nitrogens with zero attached hydrogens (tertiary/aromatic N) is 2. The molecule has 1 fully saturated rings. The van der Waals surface area contributed by atoms with Crippen LogP contribution >= 0.6 is 0 Å². The van der Waals surface area contributed by atoms with Crippen LogP contribution in [0.5, 0.6) is 0 Å². The Morgan fingerprint density at radius 2 is 1.41 bits per heavy atom. The van der Waals surface area contributed by atoms with E-state index in [4.69, 9.17) is 0 Å². The normalized spacial score (nSPS) is 17.9. The average molecular weight is 494 g/mol. The van der Waals surface area contributed by atoms with Crippen molar-refractivity contribution in [2.45, 2.75) is 51.6 Å². The van der Waals surface area contributed by atoms with Crippen LogP contribution in [0.25, 0.3) is 11.3 Å². The summed E-state index contributed by atoms with van der Waals surface area (Å²) in [5.74, 6) is -0.328. The molecule has 0 aliphatic carbocycles. The highest BCUT2D eigenvalue weighted by molar-refractivity contribution is 6.38. The van der Waals surface area contributed by atoms with Crippen molar-refractivity contribution in [2.24, 2.45) is 0 Å². The predicted octanol–water partition coefficient (Wildman–Crippen LogP) is 6.04. The number of rotatable bonds is 5. The Labute approximate surface area is 219 Å². The largest absolute Gasteiger partial charge is 0.370 e. The number of para-hydroxylation sites is 1. The van der Waals surface area contributed by atoms with Crippen molar-refractivity contribution in [1.82, 2.24) is 10.2 Å². The van der Waals surface area contributed by atoms with Gasteiger partial charge in [0.2, 0.25) is 5.91 Å². The van der Waals surface area contributed by atoms with E-state index in [1.54, 1.807) is 4.90 Å². The Bertz CT molecular complexity index is 1300. The molecule has 0 saturated carbocycles. The topological polar surface area (TPSA) is 52.7 Å². The second kappa shape index (κ2) is 10.3. The number of anilines is 1. The van der Waals surface area contributed by atoms with Crippen LogP contribution in [-0.2, 0) is 9.59 Å². The zero-order valence-corrected chi connectivity index (χ0v) is 21.9. The van der Waals surface area contributed by atoms with E-state index >= 15 is 0 Å². The van der Waals surface area contributed by atoms with Gasteiger partial charge in [-0.25, -0.2) is 0 Å². The molecule has 1 unspecified atom stereocenters. The highest BCUT2D eigenvalue weighted by Crippen LogP contribution is 2.46. The summed E-state index contributed by atoms with van der Waals surface area (Å²) >= 11 is 0. The van der Waals surface area contributed by atoms with Crippen molar-refractivity contribution in [3.05, 3.63) is 102 Å². The predicted molar refractivity (Wildman–Crippen MR) is 150 cm³/mol. The molecule has 2 heterocycles. The van der Waals surface area contributed by atoms with Gasteiger partial charge in [0.15, 0.2) is 0 Å². The van der Waals surface area contributed by atoms with Crippen LogP contribution in [-0.4, -0.2) is 35.3 Å². The van der Waals surface area contributed by atoms with Crippen molar-refractivity contribution in [3.8, 4) is 0 Å². The van der Waals surface area contributed by atoms with Gasteiger partial charge in [0.1, 0.15) is 6.04 Å². The van der Waals surface area contributed by atoms with Gasteiger partial charge < -0.3 is 10.2 Å². The molecule has 0 spiro atoms. The summed E-state index contributed by atoms with van der Waals surface area (Å²) in [6, 6.07) is 26.9. The van der Waals surface area contributed by atoms with Crippen molar-refractivity contribution in [1.29, 1.82) is 0 Å². The molecule has 0 radical (unpaired) electrons. The number of piperidine rings is 1. The van der Waals surface area contributed by atoms with E-state index in [1.165, 1.54) is 6.42 Å². The van der Waals surface area contributed by atoms with E-state index in [-0.39, 0.29) is 11.8 Å². The molecular weight excluding hydrogens is 458 g/mol. The van der Waals surface area contributed by atoms with Gasteiger partial charge in [-0.05, 0) is 57.2 Å². The fourth-order valence-corrected chi connectivity index (χ4v) is 5.41. The van der Waals surface area contributed by atoms with E-state index in [0.29, 0.717) is 5.57 Å². The number of benzene rings is 3. The smallest absolute Gasteiger partial charge is 0.262 e. The van der Waals surface area contributed by atoms with Crippen molar-refractivity contribution in [3.63, 3.8) is 0 Å². The monoisotopic (exact) mass is 493 g/mol. The minimum absolute atomic E-state index is 0.136. The molecule has 37 heavy (non-hydrogen) atoms. The summed E-state index contributed by atoms with van der Waals surface area (Å²) in [7, 11) is 0. The summed E-state index contributed by atoms with van der Waals surface area (Å²) in [5, 5.41) is 3.13. The van der Waals surface area contributed by atoms with Crippen LogP contribution in [0.4, 0.5) is 5.69 Å². The zero-order chi connectivity index (χ0) is 26.0. The number of nitrogens with one attached hydrogen (secondary N) is 1. The average Bonchev–Trinajstić information content (AvgIpc) is 3.17. The van der Waals surface area contributed by atoms with E-state index in [1.807, 2.05) is 93.6 Å². The molecule has 3 aromatic rings. The van der Waals surface area contributed by atoms with Crippen LogP contribution in [0.1, 0.15) is 62.8 Å². The Kier molecular flexibility index (Phi) is 6.88. The highest BCUT2D eigenvalue weighted by atomic mass is 16.2. The van der Waals surface area contributed by atoms with Gasteiger partial charge in [-0.3, -0.25) is 14.5 Å². The van der Waals surface area contributed by atoms with E-state index < -0.39 is 11.6 Å². The molecule has 5 heteroatoms. The standard InChI is InChI=1S/C32H35N3O2/c1-32(2,3)33-30(36)29(24-17-9-5-10-18-24)35-26-20-12-11-19-25(26)27(31(35)37)28(23-15-7-4-8-16-23)34-21-13-6-14-22-34/h4-5,7-12,15-20,29H,6,13-14,21-22H2,1-3H3,(H,33,36)/b28-27-. The first-order chi connectivity index (χ1) is 17.8. The SMILES string of the molecule is CC(C)(C)NC(=O)C(c1ccccc1)N1C(=O)/C(=C(/c2ccccc2)N2CCCCC2)c2ccccc21. The van der Waals surface area contributed by atoms with Crippen LogP contribution in [0.3, 0.4) is 0 Å². The van der Waals surface area contributed by atoms with Crippen LogP contribution in [0.15, 0.2) is 84.9 Å². The number of carbonyl (C=O) groups is 2. The zero-order valence-electron chi connectivity index (χ0n) is 21.9. The first-order valence-electron chi connectivity index (χ1n) is 13.2. The summed E-state index contributed by atoms with van der Waals surface area (Å²) < 4.78 is 0. The highest BCUT2D eigenvalue weighted by Gasteiger charge is 2.43. The lowest BCUT2D eigenvalue weighted by Gasteiger charge is -2.33. The second-order valence-electron chi connectivity index (χ2n) is 10.9. The minimum atomic E-state index is -0.787. The first kappa shape index (κ1) is 24.8. The quantitative estimate of drug-likeness (QED) is 0.441. The van der Waals surface area contributed by atoms with Crippen LogP contribution in [0, 0.1) is 0 Å². The Hall–Kier alpha value is -3.86. The minimum Gasteiger partial charge on any atom is -0.370 e. The fraction of sp³-hybridized carbons (Fsp3) is 0.312. The van der Waals surface area contributed by atoms with Gasteiger partial charge in [0.25, 0.3) is 5.91 Å². The Morgan fingerprint density at radius 3 is 2.05 bits per heavy atom. The van der Waals surface area contributed by atoms with Gasteiger partial charge in [0.05, 0.1) is 17.0 Å². The molecule has 1 saturated heterocycles. The third-order valence-electron chi connectivity index (χ3n) is 6.94. The van der Waals surface area contributed by atoms with E-state index in [9.17, 15) is 9.59 Å². The van der Waals surface area contributed by atoms with Crippen molar-refractivity contribution >= 4 is 28.8 Å². The fourth-order valence-electron chi connectivity index (χ4n) is 5.41.